The number of hydrogen-bond donors (Lipinski definition) is 1. The molecule has 2 nitrogen and oxygen atoms in total. The third-order valence-corrected chi connectivity index (χ3v) is 5.52. The Balaban J connectivity index is 2.45. The van der Waals surface area contributed by atoms with Crippen molar-refractivity contribution in [1.29, 1.82) is 0 Å². The van der Waals surface area contributed by atoms with Crippen molar-refractivity contribution in [3.63, 3.8) is 0 Å². The Bertz CT molecular complexity index is 471. The molecule has 0 fully saturated rings. The highest BCUT2D eigenvalue weighted by molar-refractivity contribution is 7.74. The van der Waals surface area contributed by atoms with E-state index in [-0.39, 0.29) is 5.66 Å². The molecule has 92 valence electrons. The maximum Gasteiger partial charge on any atom is 0.311 e. The molecule has 0 heterocycles. The van der Waals surface area contributed by atoms with Gasteiger partial charge in [0.2, 0.25) is 0 Å². The van der Waals surface area contributed by atoms with E-state index in [0.717, 1.165) is 10.6 Å². The normalized spacial score (nSPS) is 12.3. The summed E-state index contributed by atoms with van der Waals surface area (Å²) in [4.78, 5) is 11.3. The van der Waals surface area contributed by atoms with Crippen LogP contribution in [0.5, 0.6) is 0 Å². The molecule has 2 aromatic rings. The van der Waals surface area contributed by atoms with Crippen molar-refractivity contribution in [2.75, 3.05) is 0 Å². The molecule has 0 amide bonds. The van der Waals surface area contributed by atoms with Crippen LogP contribution in [-0.2, 0) is 4.79 Å². The number of rotatable bonds is 4. The zero-order valence-corrected chi connectivity index (χ0v) is 11.0. The van der Waals surface area contributed by atoms with E-state index in [1.807, 2.05) is 60.7 Å². The maximum absolute atomic E-state index is 11.3. The molecule has 2 rings (SSSR count). The molecule has 0 radical (unpaired) electrons. The molecule has 0 aliphatic heterocycles. The summed E-state index contributed by atoms with van der Waals surface area (Å²) in [6.07, 6.45) is 0. The van der Waals surface area contributed by atoms with Crippen molar-refractivity contribution in [3.8, 4) is 0 Å². The minimum absolute atomic E-state index is 0.384. The summed E-state index contributed by atoms with van der Waals surface area (Å²) in [7, 11) is -0.851. The standard InChI is InChI=1S/C15H15O2P/c1-12(15(16)17)18(13-8-4-2-5-9-13)14-10-6-3-7-11-14/h2-12H,1H3,(H,16,17). The van der Waals surface area contributed by atoms with Gasteiger partial charge in [0.25, 0.3) is 0 Å². The summed E-state index contributed by atoms with van der Waals surface area (Å²) in [5, 5.41) is 11.5. The fraction of sp³-hybridized carbons (Fsp3) is 0.133. The van der Waals surface area contributed by atoms with Crippen LogP contribution in [0.2, 0.25) is 0 Å². The predicted molar refractivity (Wildman–Crippen MR) is 76.2 cm³/mol. The van der Waals surface area contributed by atoms with E-state index in [0.29, 0.717) is 0 Å². The monoisotopic (exact) mass is 258 g/mol. The van der Waals surface area contributed by atoms with E-state index in [4.69, 9.17) is 0 Å². The van der Waals surface area contributed by atoms with Gasteiger partial charge in [-0.25, -0.2) is 0 Å². The summed E-state index contributed by atoms with van der Waals surface area (Å²) < 4.78 is 0. The Morgan fingerprint density at radius 3 is 1.67 bits per heavy atom. The van der Waals surface area contributed by atoms with Gasteiger partial charge in [0, 0.05) is 0 Å². The molecule has 0 aromatic heterocycles. The summed E-state index contributed by atoms with van der Waals surface area (Å²) in [5.74, 6) is -0.742. The van der Waals surface area contributed by atoms with Gasteiger partial charge in [0.05, 0.1) is 5.66 Å². The van der Waals surface area contributed by atoms with Crippen molar-refractivity contribution in [1.82, 2.24) is 0 Å². The van der Waals surface area contributed by atoms with E-state index in [9.17, 15) is 9.90 Å². The molecule has 0 aliphatic rings. The third-order valence-electron chi connectivity index (χ3n) is 2.81. The SMILES string of the molecule is CC(C(=O)O)P(c1ccccc1)c1ccccc1. The number of aliphatic carboxylic acids is 1. The van der Waals surface area contributed by atoms with E-state index in [1.54, 1.807) is 6.92 Å². The van der Waals surface area contributed by atoms with Crippen LogP contribution in [0.1, 0.15) is 6.92 Å². The number of carboxylic acid groups (broad SMARTS) is 1. The Morgan fingerprint density at radius 2 is 1.33 bits per heavy atom. The fourth-order valence-electron chi connectivity index (χ4n) is 1.88. The number of benzene rings is 2. The zero-order chi connectivity index (χ0) is 13.0. The number of carboxylic acids is 1. The Labute approximate surface area is 108 Å². The average molecular weight is 258 g/mol. The molecule has 1 N–H and O–H groups in total. The molecule has 1 unspecified atom stereocenters. The first-order valence-corrected chi connectivity index (χ1v) is 7.23. The molecule has 1 atom stereocenters. The Kier molecular flexibility index (Phi) is 4.11. The minimum atomic E-state index is -0.851. The lowest BCUT2D eigenvalue weighted by Gasteiger charge is -2.22. The minimum Gasteiger partial charge on any atom is -0.481 e. The van der Waals surface area contributed by atoms with Gasteiger partial charge in [-0.2, -0.15) is 0 Å². The molecular weight excluding hydrogens is 243 g/mol. The quantitative estimate of drug-likeness (QED) is 0.856. The van der Waals surface area contributed by atoms with Crippen molar-refractivity contribution in [2.24, 2.45) is 0 Å². The van der Waals surface area contributed by atoms with Crippen LogP contribution in [0, 0.1) is 0 Å². The second-order valence-electron chi connectivity index (χ2n) is 4.06. The lowest BCUT2D eigenvalue weighted by molar-refractivity contribution is -0.136. The van der Waals surface area contributed by atoms with Crippen LogP contribution >= 0.6 is 7.92 Å². The fourth-order valence-corrected chi connectivity index (χ4v) is 4.28. The van der Waals surface area contributed by atoms with Gasteiger partial charge >= 0.3 is 5.97 Å². The first kappa shape index (κ1) is 12.8. The van der Waals surface area contributed by atoms with Gasteiger partial charge in [-0.05, 0) is 25.5 Å². The van der Waals surface area contributed by atoms with Gasteiger partial charge in [-0.15, -0.1) is 0 Å². The average Bonchev–Trinajstić information content (AvgIpc) is 2.41. The summed E-state index contributed by atoms with van der Waals surface area (Å²) in [6, 6.07) is 19.8. The van der Waals surface area contributed by atoms with Gasteiger partial charge < -0.3 is 5.11 Å². The zero-order valence-electron chi connectivity index (χ0n) is 10.2. The van der Waals surface area contributed by atoms with Crippen molar-refractivity contribution in [2.45, 2.75) is 12.6 Å². The van der Waals surface area contributed by atoms with E-state index >= 15 is 0 Å². The highest BCUT2D eigenvalue weighted by Crippen LogP contribution is 2.39. The first-order chi connectivity index (χ1) is 8.70. The Hall–Kier alpha value is -1.66. The molecule has 0 saturated carbocycles. The van der Waals surface area contributed by atoms with Gasteiger partial charge in [0.15, 0.2) is 0 Å². The lowest BCUT2D eigenvalue weighted by atomic mass is 10.4. The van der Waals surface area contributed by atoms with Crippen LogP contribution < -0.4 is 10.6 Å². The molecule has 0 bridgehead atoms. The summed E-state index contributed by atoms with van der Waals surface area (Å²) in [5.41, 5.74) is -0.384. The van der Waals surface area contributed by atoms with Crippen LogP contribution in [0.25, 0.3) is 0 Å². The van der Waals surface area contributed by atoms with Crippen LogP contribution in [0.15, 0.2) is 60.7 Å². The molecule has 0 spiro atoms. The molecular formula is C15H15O2P. The molecule has 3 heteroatoms. The highest BCUT2D eigenvalue weighted by Gasteiger charge is 2.25. The molecule has 18 heavy (non-hydrogen) atoms. The van der Waals surface area contributed by atoms with Crippen LogP contribution in [0.3, 0.4) is 0 Å². The summed E-state index contributed by atoms with van der Waals surface area (Å²) in [6.45, 7) is 1.79. The van der Waals surface area contributed by atoms with Crippen LogP contribution in [-0.4, -0.2) is 16.7 Å². The van der Waals surface area contributed by atoms with Gasteiger partial charge in [-0.1, -0.05) is 60.7 Å². The number of carbonyl (C=O) groups is 1. The Morgan fingerprint density at radius 1 is 0.944 bits per heavy atom. The van der Waals surface area contributed by atoms with Gasteiger partial charge in [-0.3, -0.25) is 4.79 Å². The van der Waals surface area contributed by atoms with Crippen LogP contribution in [0.4, 0.5) is 0 Å². The second kappa shape index (κ2) is 5.79. The topological polar surface area (TPSA) is 37.3 Å². The lowest BCUT2D eigenvalue weighted by Crippen LogP contribution is -2.25. The second-order valence-corrected chi connectivity index (χ2v) is 6.60. The van der Waals surface area contributed by atoms with E-state index in [2.05, 4.69) is 0 Å². The maximum atomic E-state index is 11.3. The number of hydrogen-bond acceptors (Lipinski definition) is 1. The van der Waals surface area contributed by atoms with Crippen molar-refractivity contribution in [3.05, 3.63) is 60.7 Å². The smallest absolute Gasteiger partial charge is 0.311 e. The summed E-state index contributed by atoms with van der Waals surface area (Å²) >= 11 is 0. The molecule has 0 aliphatic carbocycles. The van der Waals surface area contributed by atoms with Crippen molar-refractivity contribution < 1.29 is 9.90 Å². The van der Waals surface area contributed by atoms with Crippen molar-refractivity contribution >= 4 is 24.5 Å². The largest absolute Gasteiger partial charge is 0.481 e. The molecule has 0 saturated heterocycles. The predicted octanol–water partition coefficient (Wildman–Crippen LogP) is 2.59. The first-order valence-electron chi connectivity index (χ1n) is 5.82. The van der Waals surface area contributed by atoms with E-state index in [1.165, 1.54) is 0 Å². The van der Waals surface area contributed by atoms with E-state index < -0.39 is 13.9 Å². The third kappa shape index (κ3) is 2.77. The highest BCUT2D eigenvalue weighted by atomic mass is 31.1. The molecule has 2 aromatic carbocycles. The van der Waals surface area contributed by atoms with Gasteiger partial charge in [0.1, 0.15) is 0 Å².